The average molecular weight is 311 g/mol. The molecule has 3 N–H and O–H groups in total. The molecule has 1 aliphatic rings. The Labute approximate surface area is 125 Å². The van der Waals surface area contributed by atoms with Gasteiger partial charge in [-0.05, 0) is 17.2 Å². The van der Waals surface area contributed by atoms with E-state index < -0.39 is 12.1 Å². The monoisotopic (exact) mass is 310 g/mol. The van der Waals surface area contributed by atoms with Crippen LogP contribution in [0.3, 0.4) is 0 Å². The van der Waals surface area contributed by atoms with Crippen molar-refractivity contribution in [1.82, 2.24) is 10.3 Å². The Kier molecular flexibility index (Phi) is 3.46. The standard InChI is InChI=1S/C14H12Cl2N2O2/c15-9-6-10(17-13(9)16)14(20)18-12-8-4-2-1-3-7(8)5-11(12)19/h1-4,6,11-12,17,19H,5H2,(H,18,20)/t11-,12+/m1/s1. The fraction of sp³-hybridized carbons (Fsp3) is 0.214. The number of carbonyl (C=O) groups is 1. The number of aromatic amines is 1. The van der Waals surface area contributed by atoms with Gasteiger partial charge >= 0.3 is 0 Å². The summed E-state index contributed by atoms with van der Waals surface area (Å²) in [5.74, 6) is -0.348. The molecule has 0 fully saturated rings. The molecule has 0 unspecified atom stereocenters. The predicted molar refractivity (Wildman–Crippen MR) is 77.2 cm³/mol. The zero-order valence-electron chi connectivity index (χ0n) is 10.4. The molecule has 3 rings (SSSR count). The van der Waals surface area contributed by atoms with Gasteiger partial charge < -0.3 is 15.4 Å². The number of hydrogen-bond donors (Lipinski definition) is 3. The Bertz CT molecular complexity index is 649. The molecule has 1 amide bonds. The van der Waals surface area contributed by atoms with Gasteiger partial charge in [-0.2, -0.15) is 0 Å². The first-order valence-electron chi connectivity index (χ1n) is 6.17. The van der Waals surface area contributed by atoms with Crippen LogP contribution in [-0.4, -0.2) is 22.1 Å². The summed E-state index contributed by atoms with van der Waals surface area (Å²) >= 11 is 11.6. The van der Waals surface area contributed by atoms with Crippen LogP contribution in [0.25, 0.3) is 0 Å². The van der Waals surface area contributed by atoms with Gasteiger partial charge in [-0.15, -0.1) is 0 Å². The minimum absolute atomic E-state index is 0.226. The van der Waals surface area contributed by atoms with Gasteiger partial charge in [-0.3, -0.25) is 4.79 Å². The summed E-state index contributed by atoms with van der Waals surface area (Å²) in [6.45, 7) is 0. The number of nitrogens with one attached hydrogen (secondary N) is 2. The van der Waals surface area contributed by atoms with E-state index in [1.807, 2.05) is 24.3 Å². The third kappa shape index (κ3) is 2.30. The molecular formula is C14H12Cl2N2O2. The minimum Gasteiger partial charge on any atom is -0.390 e. The van der Waals surface area contributed by atoms with Crippen molar-refractivity contribution < 1.29 is 9.90 Å². The number of rotatable bonds is 2. The van der Waals surface area contributed by atoms with Gasteiger partial charge in [0.1, 0.15) is 10.8 Å². The highest BCUT2D eigenvalue weighted by atomic mass is 35.5. The van der Waals surface area contributed by atoms with Crippen LogP contribution in [-0.2, 0) is 6.42 Å². The molecule has 6 heteroatoms. The molecule has 1 heterocycles. The van der Waals surface area contributed by atoms with Gasteiger partial charge in [-0.1, -0.05) is 47.5 Å². The summed E-state index contributed by atoms with van der Waals surface area (Å²) in [6.07, 6.45) is -0.0925. The van der Waals surface area contributed by atoms with Gasteiger partial charge in [0.05, 0.1) is 17.2 Å². The minimum atomic E-state index is -0.628. The van der Waals surface area contributed by atoms with Gasteiger partial charge in [0, 0.05) is 6.42 Å². The van der Waals surface area contributed by atoms with Crippen LogP contribution in [0, 0.1) is 0 Å². The first-order chi connectivity index (χ1) is 9.56. The van der Waals surface area contributed by atoms with E-state index in [1.165, 1.54) is 6.07 Å². The summed E-state index contributed by atoms with van der Waals surface area (Å²) < 4.78 is 0. The Hall–Kier alpha value is -1.49. The van der Waals surface area contributed by atoms with Crippen LogP contribution < -0.4 is 5.32 Å². The second-order valence-electron chi connectivity index (χ2n) is 4.77. The second-order valence-corrected chi connectivity index (χ2v) is 5.55. The number of hydrogen-bond acceptors (Lipinski definition) is 2. The van der Waals surface area contributed by atoms with Crippen LogP contribution in [0.1, 0.15) is 27.7 Å². The molecule has 0 radical (unpaired) electrons. The number of aliphatic hydroxyl groups is 1. The predicted octanol–water partition coefficient (Wildman–Crippen LogP) is 2.71. The lowest BCUT2D eigenvalue weighted by Gasteiger charge is -2.17. The van der Waals surface area contributed by atoms with E-state index in [4.69, 9.17) is 23.2 Å². The van der Waals surface area contributed by atoms with Crippen molar-refractivity contribution in [3.63, 3.8) is 0 Å². The van der Waals surface area contributed by atoms with Crippen molar-refractivity contribution in [2.75, 3.05) is 0 Å². The van der Waals surface area contributed by atoms with Gasteiger partial charge in [0.15, 0.2) is 0 Å². The van der Waals surface area contributed by atoms with Crippen LogP contribution in [0.15, 0.2) is 30.3 Å². The molecule has 1 aromatic carbocycles. The fourth-order valence-corrected chi connectivity index (χ4v) is 2.81. The Morgan fingerprint density at radius 2 is 2.10 bits per heavy atom. The number of carbonyl (C=O) groups excluding carboxylic acids is 1. The molecule has 2 aromatic rings. The molecule has 2 atom stereocenters. The summed E-state index contributed by atoms with van der Waals surface area (Å²) in [4.78, 5) is 14.8. The van der Waals surface area contributed by atoms with Crippen molar-refractivity contribution in [2.24, 2.45) is 0 Å². The van der Waals surface area contributed by atoms with E-state index >= 15 is 0 Å². The van der Waals surface area contributed by atoms with Gasteiger partial charge in [0.25, 0.3) is 5.91 Å². The number of amides is 1. The molecule has 0 aliphatic heterocycles. The molecule has 4 nitrogen and oxygen atoms in total. The van der Waals surface area contributed by atoms with Gasteiger partial charge in [-0.25, -0.2) is 0 Å². The molecule has 20 heavy (non-hydrogen) atoms. The van der Waals surface area contributed by atoms with E-state index in [0.29, 0.717) is 11.4 Å². The summed E-state index contributed by atoms with van der Waals surface area (Å²) in [7, 11) is 0. The molecule has 0 bridgehead atoms. The summed E-state index contributed by atoms with van der Waals surface area (Å²) in [5, 5.41) is 13.4. The molecule has 1 aliphatic carbocycles. The first-order valence-corrected chi connectivity index (χ1v) is 6.92. The molecule has 0 spiro atoms. The summed E-state index contributed by atoms with van der Waals surface area (Å²) in [5.41, 5.74) is 2.27. The van der Waals surface area contributed by atoms with E-state index in [0.717, 1.165) is 11.1 Å². The normalized spacial score (nSPS) is 20.8. The molecule has 104 valence electrons. The van der Waals surface area contributed by atoms with E-state index in [2.05, 4.69) is 10.3 Å². The maximum Gasteiger partial charge on any atom is 0.268 e. The molecular weight excluding hydrogens is 299 g/mol. The van der Waals surface area contributed by atoms with Crippen LogP contribution in [0.2, 0.25) is 10.2 Å². The highest BCUT2D eigenvalue weighted by Gasteiger charge is 2.32. The van der Waals surface area contributed by atoms with Crippen molar-refractivity contribution in [3.8, 4) is 0 Å². The van der Waals surface area contributed by atoms with E-state index in [1.54, 1.807) is 0 Å². The summed E-state index contributed by atoms with van der Waals surface area (Å²) in [6, 6.07) is 8.71. The lowest BCUT2D eigenvalue weighted by molar-refractivity contribution is 0.0854. The largest absolute Gasteiger partial charge is 0.390 e. The third-order valence-corrected chi connectivity index (χ3v) is 4.15. The molecule has 1 aromatic heterocycles. The molecule has 0 saturated carbocycles. The Morgan fingerprint density at radius 1 is 1.35 bits per heavy atom. The number of benzene rings is 1. The topological polar surface area (TPSA) is 65.1 Å². The third-order valence-electron chi connectivity index (χ3n) is 3.46. The first kappa shape index (κ1) is 13.5. The maximum absolute atomic E-state index is 12.2. The van der Waals surface area contributed by atoms with Crippen molar-refractivity contribution >= 4 is 29.1 Å². The second kappa shape index (κ2) is 5.13. The van der Waals surface area contributed by atoms with E-state index in [9.17, 15) is 9.90 Å². The zero-order valence-corrected chi connectivity index (χ0v) is 11.9. The zero-order chi connectivity index (χ0) is 14.3. The number of halogens is 2. The number of aliphatic hydroxyl groups excluding tert-OH is 1. The maximum atomic E-state index is 12.2. The smallest absolute Gasteiger partial charge is 0.268 e. The number of H-pyrrole nitrogens is 1. The average Bonchev–Trinajstić information content (AvgIpc) is 2.91. The highest BCUT2D eigenvalue weighted by molar-refractivity contribution is 6.41. The van der Waals surface area contributed by atoms with Crippen LogP contribution >= 0.6 is 23.2 Å². The van der Waals surface area contributed by atoms with E-state index in [-0.39, 0.29) is 16.8 Å². The van der Waals surface area contributed by atoms with Crippen molar-refractivity contribution in [2.45, 2.75) is 18.6 Å². The highest BCUT2D eigenvalue weighted by Crippen LogP contribution is 2.31. The number of fused-ring (bicyclic) bond motifs is 1. The quantitative estimate of drug-likeness (QED) is 0.798. The van der Waals surface area contributed by atoms with Gasteiger partial charge in [0.2, 0.25) is 0 Å². The lowest BCUT2D eigenvalue weighted by atomic mass is 10.1. The van der Waals surface area contributed by atoms with Crippen LogP contribution in [0.4, 0.5) is 0 Å². The SMILES string of the molecule is O=C(N[C@H]1c2ccccc2C[C@H]1O)c1cc(Cl)c(Cl)[nH]1. The molecule has 0 saturated heterocycles. The fourth-order valence-electron chi connectivity index (χ4n) is 2.49. The number of aromatic nitrogens is 1. The Balaban J connectivity index is 1.83. The lowest BCUT2D eigenvalue weighted by Crippen LogP contribution is -2.34. The Morgan fingerprint density at radius 3 is 2.80 bits per heavy atom. The van der Waals surface area contributed by atoms with Crippen molar-refractivity contribution in [3.05, 3.63) is 57.3 Å². The van der Waals surface area contributed by atoms with Crippen molar-refractivity contribution in [1.29, 1.82) is 0 Å². The van der Waals surface area contributed by atoms with Crippen LogP contribution in [0.5, 0.6) is 0 Å².